The molecule has 2 rings (SSSR count). The molecule has 0 aliphatic carbocycles. The van der Waals surface area contributed by atoms with Crippen molar-refractivity contribution in [3.8, 4) is 0 Å². The Labute approximate surface area is 106 Å². The molecule has 0 radical (unpaired) electrons. The third-order valence-electron chi connectivity index (χ3n) is 2.50. The van der Waals surface area contributed by atoms with Gasteiger partial charge in [-0.15, -0.1) is 0 Å². The first kappa shape index (κ1) is 11.9. The Morgan fingerprint density at radius 1 is 0.882 bits per heavy atom. The van der Waals surface area contributed by atoms with Crippen LogP contribution in [0.15, 0.2) is 60.7 Å². The maximum atomic E-state index is 7.69. The van der Waals surface area contributed by atoms with E-state index in [2.05, 4.69) is 24.3 Å². The third-order valence-corrected chi connectivity index (χ3v) is 3.63. The van der Waals surface area contributed by atoms with E-state index in [-0.39, 0.29) is 5.25 Å². The summed E-state index contributed by atoms with van der Waals surface area (Å²) >= 11 is 1.59. The second-order valence-corrected chi connectivity index (χ2v) is 5.19. The predicted molar refractivity (Wildman–Crippen MR) is 75.7 cm³/mol. The minimum absolute atomic E-state index is 0.217. The molecule has 86 valence electrons. The molecule has 2 aromatic carbocycles. The molecule has 17 heavy (non-hydrogen) atoms. The zero-order valence-electron chi connectivity index (χ0n) is 9.76. The highest BCUT2D eigenvalue weighted by Gasteiger charge is 2.14. The van der Waals surface area contributed by atoms with E-state index >= 15 is 0 Å². The summed E-state index contributed by atoms with van der Waals surface area (Å²) in [7, 11) is 0. The maximum absolute atomic E-state index is 7.69. The molecule has 0 saturated carbocycles. The Bertz CT molecular complexity index is 439. The highest BCUT2D eigenvalue weighted by molar-refractivity contribution is 8.14. The molecule has 0 bridgehead atoms. The zero-order valence-corrected chi connectivity index (χ0v) is 10.6. The van der Waals surface area contributed by atoms with E-state index in [0.717, 1.165) is 0 Å². The number of nitrogens with one attached hydrogen (secondary N) is 1. The van der Waals surface area contributed by atoms with Crippen LogP contribution in [0.3, 0.4) is 0 Å². The number of thioether (sulfide) groups is 1. The topological polar surface area (TPSA) is 23.9 Å². The summed E-state index contributed by atoms with van der Waals surface area (Å²) < 4.78 is 0. The van der Waals surface area contributed by atoms with Gasteiger partial charge in [0.15, 0.2) is 0 Å². The quantitative estimate of drug-likeness (QED) is 0.620. The normalized spacial score (nSPS) is 10.5. The summed E-state index contributed by atoms with van der Waals surface area (Å²) in [6.07, 6.45) is 0. The van der Waals surface area contributed by atoms with Crippen molar-refractivity contribution in [1.82, 2.24) is 0 Å². The highest BCUT2D eigenvalue weighted by atomic mass is 32.2. The lowest BCUT2D eigenvalue weighted by atomic mass is 10.0. The molecule has 0 aromatic heterocycles. The van der Waals surface area contributed by atoms with Gasteiger partial charge in [-0.2, -0.15) is 0 Å². The van der Waals surface area contributed by atoms with Crippen LogP contribution in [0.2, 0.25) is 0 Å². The second-order valence-electron chi connectivity index (χ2n) is 3.88. The van der Waals surface area contributed by atoms with Gasteiger partial charge >= 0.3 is 0 Å². The Kier molecular flexibility index (Phi) is 3.99. The van der Waals surface area contributed by atoms with Crippen molar-refractivity contribution in [3.05, 3.63) is 71.8 Å². The van der Waals surface area contributed by atoms with Gasteiger partial charge in [-0.25, -0.2) is 0 Å². The Balaban J connectivity index is 2.36. The molecule has 2 heteroatoms. The van der Waals surface area contributed by atoms with Gasteiger partial charge in [0.05, 0.1) is 10.3 Å². The molecule has 0 heterocycles. The number of hydrogen-bond donors (Lipinski definition) is 1. The number of benzene rings is 2. The lowest BCUT2D eigenvalue weighted by Gasteiger charge is -2.16. The average molecular weight is 241 g/mol. The molecule has 0 atom stereocenters. The fourth-order valence-corrected chi connectivity index (χ4v) is 2.70. The highest BCUT2D eigenvalue weighted by Crippen LogP contribution is 2.35. The minimum Gasteiger partial charge on any atom is -0.299 e. The summed E-state index contributed by atoms with van der Waals surface area (Å²) in [5.74, 6) is 0. The SMILES string of the molecule is CC(=N)SC(c1ccccc1)c1ccccc1. The molecule has 2 aromatic rings. The average Bonchev–Trinajstić information content (AvgIpc) is 2.38. The second kappa shape index (κ2) is 5.69. The van der Waals surface area contributed by atoms with E-state index in [1.807, 2.05) is 43.3 Å². The molecule has 0 aliphatic rings. The van der Waals surface area contributed by atoms with Crippen LogP contribution in [-0.4, -0.2) is 5.04 Å². The van der Waals surface area contributed by atoms with Gasteiger partial charge in [0.25, 0.3) is 0 Å². The van der Waals surface area contributed by atoms with Crippen molar-refractivity contribution in [3.63, 3.8) is 0 Å². The van der Waals surface area contributed by atoms with Crippen molar-refractivity contribution >= 4 is 16.8 Å². The van der Waals surface area contributed by atoms with Crippen LogP contribution < -0.4 is 0 Å². The van der Waals surface area contributed by atoms with Crippen molar-refractivity contribution < 1.29 is 0 Å². The number of hydrogen-bond acceptors (Lipinski definition) is 2. The summed E-state index contributed by atoms with van der Waals surface area (Å²) in [4.78, 5) is 0. The van der Waals surface area contributed by atoms with Gasteiger partial charge in [0.1, 0.15) is 0 Å². The van der Waals surface area contributed by atoms with E-state index in [1.54, 1.807) is 11.8 Å². The lowest BCUT2D eigenvalue weighted by Crippen LogP contribution is -1.98. The molecule has 0 saturated heterocycles. The predicted octanol–water partition coefficient (Wildman–Crippen LogP) is 4.51. The first-order valence-corrected chi connectivity index (χ1v) is 6.47. The van der Waals surface area contributed by atoms with Crippen molar-refractivity contribution in [2.45, 2.75) is 12.2 Å². The molecule has 0 aliphatic heterocycles. The molecule has 0 spiro atoms. The first-order valence-electron chi connectivity index (χ1n) is 5.59. The van der Waals surface area contributed by atoms with E-state index in [9.17, 15) is 0 Å². The van der Waals surface area contributed by atoms with Crippen molar-refractivity contribution in [1.29, 1.82) is 5.41 Å². The monoisotopic (exact) mass is 241 g/mol. The van der Waals surface area contributed by atoms with Crippen LogP contribution in [0.4, 0.5) is 0 Å². The maximum Gasteiger partial charge on any atom is 0.0619 e. The van der Waals surface area contributed by atoms with Gasteiger partial charge < -0.3 is 0 Å². The fourth-order valence-electron chi connectivity index (χ4n) is 1.76. The van der Waals surface area contributed by atoms with Crippen LogP contribution in [0.1, 0.15) is 23.3 Å². The van der Waals surface area contributed by atoms with Crippen molar-refractivity contribution in [2.24, 2.45) is 0 Å². The van der Waals surface area contributed by atoms with Crippen LogP contribution in [0.25, 0.3) is 0 Å². The van der Waals surface area contributed by atoms with Gasteiger partial charge in [-0.05, 0) is 18.1 Å². The van der Waals surface area contributed by atoms with Gasteiger partial charge in [-0.3, -0.25) is 5.41 Å². The molecule has 1 nitrogen and oxygen atoms in total. The largest absolute Gasteiger partial charge is 0.299 e. The van der Waals surface area contributed by atoms with E-state index in [1.165, 1.54) is 11.1 Å². The van der Waals surface area contributed by atoms with Crippen LogP contribution >= 0.6 is 11.8 Å². The summed E-state index contributed by atoms with van der Waals surface area (Å²) in [5, 5.41) is 8.55. The lowest BCUT2D eigenvalue weighted by molar-refractivity contribution is 1.16. The van der Waals surface area contributed by atoms with Gasteiger partial charge in [-0.1, -0.05) is 72.4 Å². The third kappa shape index (κ3) is 3.21. The Morgan fingerprint density at radius 2 is 1.29 bits per heavy atom. The van der Waals surface area contributed by atoms with Crippen LogP contribution in [0, 0.1) is 5.41 Å². The standard InChI is InChI=1S/C15H15NS/c1-12(16)17-15(13-8-4-2-5-9-13)14-10-6-3-7-11-14/h2-11,15-16H,1H3. The number of rotatable bonds is 3. The Morgan fingerprint density at radius 3 is 1.65 bits per heavy atom. The Hall–Kier alpha value is -1.54. The minimum atomic E-state index is 0.217. The smallest absolute Gasteiger partial charge is 0.0619 e. The van der Waals surface area contributed by atoms with Crippen molar-refractivity contribution in [2.75, 3.05) is 0 Å². The molecular formula is C15H15NS. The summed E-state index contributed by atoms with van der Waals surface area (Å²) in [6, 6.07) is 20.7. The van der Waals surface area contributed by atoms with E-state index < -0.39 is 0 Å². The summed E-state index contributed by atoms with van der Waals surface area (Å²) in [5.41, 5.74) is 2.49. The molecule has 1 N–H and O–H groups in total. The van der Waals surface area contributed by atoms with E-state index in [0.29, 0.717) is 5.04 Å². The molecular weight excluding hydrogens is 226 g/mol. The van der Waals surface area contributed by atoms with Crippen LogP contribution in [0.5, 0.6) is 0 Å². The fraction of sp³-hybridized carbons (Fsp3) is 0.133. The van der Waals surface area contributed by atoms with Gasteiger partial charge in [0, 0.05) is 0 Å². The molecule has 0 fully saturated rings. The zero-order chi connectivity index (χ0) is 12.1. The van der Waals surface area contributed by atoms with E-state index in [4.69, 9.17) is 5.41 Å². The molecule has 0 unspecified atom stereocenters. The van der Waals surface area contributed by atoms with Crippen LogP contribution in [-0.2, 0) is 0 Å². The molecule has 0 amide bonds. The van der Waals surface area contributed by atoms with Gasteiger partial charge in [0.2, 0.25) is 0 Å². The first-order chi connectivity index (χ1) is 8.27. The summed E-state index contributed by atoms with van der Waals surface area (Å²) in [6.45, 7) is 1.84.